The van der Waals surface area contributed by atoms with Crippen molar-refractivity contribution in [3.63, 3.8) is 0 Å². The van der Waals surface area contributed by atoms with Crippen LogP contribution in [0.3, 0.4) is 0 Å². The van der Waals surface area contributed by atoms with Gasteiger partial charge in [0.05, 0.1) is 4.90 Å². The van der Waals surface area contributed by atoms with Gasteiger partial charge >= 0.3 is 0 Å². The fourth-order valence-electron chi connectivity index (χ4n) is 1.83. The van der Waals surface area contributed by atoms with Crippen LogP contribution in [-0.2, 0) is 16.4 Å². The molecule has 0 saturated heterocycles. The number of nitrogens with one attached hydrogen (secondary N) is 1. The summed E-state index contributed by atoms with van der Waals surface area (Å²) in [7, 11) is -3.12. The van der Waals surface area contributed by atoms with E-state index in [1.165, 1.54) is 17.4 Å². The molecule has 0 unspecified atom stereocenters. The SMILES string of the molecule is Cc1ccccc1CNc1ccc(S(C)(=O)=O)cc1. The van der Waals surface area contributed by atoms with Gasteiger partial charge in [0.15, 0.2) is 9.84 Å². The first-order valence-corrected chi connectivity index (χ1v) is 7.94. The van der Waals surface area contributed by atoms with Crippen LogP contribution in [0.5, 0.6) is 0 Å². The normalized spacial score (nSPS) is 11.3. The molecular weight excluding hydrogens is 258 g/mol. The van der Waals surface area contributed by atoms with E-state index in [9.17, 15) is 8.42 Å². The molecule has 0 heterocycles. The number of sulfone groups is 1. The van der Waals surface area contributed by atoms with Crippen molar-refractivity contribution in [1.29, 1.82) is 0 Å². The summed E-state index contributed by atoms with van der Waals surface area (Å²) in [6.45, 7) is 2.80. The summed E-state index contributed by atoms with van der Waals surface area (Å²) in [5, 5.41) is 3.29. The third-order valence-corrected chi connectivity index (χ3v) is 4.16. The van der Waals surface area contributed by atoms with Crippen molar-refractivity contribution in [1.82, 2.24) is 0 Å². The van der Waals surface area contributed by atoms with Crippen LogP contribution in [0.1, 0.15) is 11.1 Å². The van der Waals surface area contributed by atoms with Crippen molar-refractivity contribution in [3.05, 3.63) is 59.7 Å². The third kappa shape index (κ3) is 3.58. The lowest BCUT2D eigenvalue weighted by molar-refractivity contribution is 0.602. The van der Waals surface area contributed by atoms with Gasteiger partial charge in [0.25, 0.3) is 0 Å². The molecule has 0 aromatic heterocycles. The van der Waals surface area contributed by atoms with Gasteiger partial charge in [-0.3, -0.25) is 0 Å². The summed E-state index contributed by atoms with van der Waals surface area (Å²) in [5.41, 5.74) is 3.38. The van der Waals surface area contributed by atoms with Gasteiger partial charge < -0.3 is 5.32 Å². The quantitative estimate of drug-likeness (QED) is 0.933. The lowest BCUT2D eigenvalue weighted by Crippen LogP contribution is -2.02. The van der Waals surface area contributed by atoms with Gasteiger partial charge in [0.2, 0.25) is 0 Å². The van der Waals surface area contributed by atoms with E-state index in [0.717, 1.165) is 12.2 Å². The van der Waals surface area contributed by atoms with E-state index in [0.29, 0.717) is 4.90 Å². The number of anilines is 1. The first kappa shape index (κ1) is 13.6. The van der Waals surface area contributed by atoms with Crippen LogP contribution in [0, 0.1) is 6.92 Å². The van der Waals surface area contributed by atoms with Gasteiger partial charge in [0, 0.05) is 18.5 Å². The Morgan fingerprint density at radius 1 is 1.00 bits per heavy atom. The van der Waals surface area contributed by atoms with Crippen molar-refractivity contribution >= 4 is 15.5 Å². The minimum atomic E-state index is -3.12. The number of hydrogen-bond acceptors (Lipinski definition) is 3. The summed E-state index contributed by atoms with van der Waals surface area (Å²) in [5.74, 6) is 0. The van der Waals surface area contributed by atoms with Gasteiger partial charge in [-0.25, -0.2) is 8.42 Å². The molecule has 0 saturated carbocycles. The Kier molecular flexibility index (Phi) is 3.90. The minimum absolute atomic E-state index is 0.342. The monoisotopic (exact) mass is 275 g/mol. The van der Waals surface area contributed by atoms with E-state index >= 15 is 0 Å². The molecule has 0 spiro atoms. The van der Waals surface area contributed by atoms with Crippen molar-refractivity contribution in [3.8, 4) is 0 Å². The van der Waals surface area contributed by atoms with Crippen LogP contribution in [0.25, 0.3) is 0 Å². The maximum absolute atomic E-state index is 11.3. The second kappa shape index (κ2) is 5.45. The molecule has 0 aliphatic carbocycles. The summed E-state index contributed by atoms with van der Waals surface area (Å²) >= 11 is 0. The smallest absolute Gasteiger partial charge is 0.175 e. The third-order valence-electron chi connectivity index (χ3n) is 3.03. The van der Waals surface area contributed by atoms with Gasteiger partial charge in [0.1, 0.15) is 0 Å². The molecular formula is C15H17NO2S. The molecule has 0 radical (unpaired) electrons. The van der Waals surface area contributed by atoms with Crippen LogP contribution < -0.4 is 5.32 Å². The molecule has 2 rings (SSSR count). The number of aryl methyl sites for hydroxylation is 1. The highest BCUT2D eigenvalue weighted by atomic mass is 32.2. The van der Waals surface area contributed by atoms with Crippen LogP contribution in [0.2, 0.25) is 0 Å². The molecule has 100 valence electrons. The van der Waals surface area contributed by atoms with Crippen LogP contribution in [-0.4, -0.2) is 14.7 Å². The zero-order valence-electron chi connectivity index (χ0n) is 11.1. The average Bonchev–Trinajstić information content (AvgIpc) is 2.37. The molecule has 2 aromatic carbocycles. The first-order chi connectivity index (χ1) is 8.97. The summed E-state index contributed by atoms with van der Waals surface area (Å²) in [6, 6.07) is 15.0. The Labute approximate surface area is 114 Å². The Morgan fingerprint density at radius 2 is 1.63 bits per heavy atom. The van der Waals surface area contributed by atoms with E-state index in [4.69, 9.17) is 0 Å². The Hall–Kier alpha value is -1.81. The predicted octanol–water partition coefficient (Wildman–Crippen LogP) is 3.01. The molecule has 4 heteroatoms. The summed E-state index contributed by atoms with van der Waals surface area (Å²) in [4.78, 5) is 0.342. The molecule has 2 aromatic rings. The zero-order chi connectivity index (χ0) is 13.9. The van der Waals surface area contributed by atoms with E-state index in [1.54, 1.807) is 24.3 Å². The van der Waals surface area contributed by atoms with Crippen molar-refractivity contribution in [2.75, 3.05) is 11.6 Å². The molecule has 19 heavy (non-hydrogen) atoms. The van der Waals surface area contributed by atoms with Crippen LogP contribution in [0.15, 0.2) is 53.4 Å². The van der Waals surface area contributed by atoms with Crippen molar-refractivity contribution in [2.45, 2.75) is 18.4 Å². The second-order valence-corrected chi connectivity index (χ2v) is 6.59. The minimum Gasteiger partial charge on any atom is -0.381 e. The maximum Gasteiger partial charge on any atom is 0.175 e. The highest BCUT2D eigenvalue weighted by Gasteiger charge is 2.05. The predicted molar refractivity (Wildman–Crippen MR) is 78.1 cm³/mol. The van der Waals surface area contributed by atoms with Crippen molar-refractivity contribution < 1.29 is 8.42 Å². The maximum atomic E-state index is 11.3. The number of rotatable bonds is 4. The highest BCUT2D eigenvalue weighted by molar-refractivity contribution is 7.90. The van der Waals surface area contributed by atoms with E-state index in [2.05, 4.69) is 24.4 Å². The van der Waals surface area contributed by atoms with Crippen molar-refractivity contribution in [2.24, 2.45) is 0 Å². The molecule has 0 aliphatic heterocycles. The van der Waals surface area contributed by atoms with Crippen LogP contribution in [0.4, 0.5) is 5.69 Å². The molecule has 0 atom stereocenters. The average molecular weight is 275 g/mol. The van der Waals surface area contributed by atoms with E-state index in [-0.39, 0.29) is 0 Å². The fourth-order valence-corrected chi connectivity index (χ4v) is 2.46. The lowest BCUT2D eigenvalue weighted by atomic mass is 10.1. The Bertz CT molecular complexity index is 661. The Balaban J connectivity index is 2.07. The van der Waals surface area contributed by atoms with Gasteiger partial charge in [-0.05, 0) is 42.3 Å². The van der Waals surface area contributed by atoms with E-state index < -0.39 is 9.84 Å². The lowest BCUT2D eigenvalue weighted by Gasteiger charge is -2.09. The number of benzene rings is 2. The Morgan fingerprint density at radius 3 is 2.21 bits per heavy atom. The molecule has 0 fully saturated rings. The van der Waals surface area contributed by atoms with Gasteiger partial charge in [-0.2, -0.15) is 0 Å². The van der Waals surface area contributed by atoms with E-state index in [1.807, 2.05) is 12.1 Å². The topological polar surface area (TPSA) is 46.2 Å². The van der Waals surface area contributed by atoms with Gasteiger partial charge in [-0.15, -0.1) is 0 Å². The highest BCUT2D eigenvalue weighted by Crippen LogP contribution is 2.15. The molecule has 1 N–H and O–H groups in total. The molecule has 0 amide bonds. The standard InChI is InChI=1S/C15H17NO2S/c1-12-5-3-4-6-13(12)11-16-14-7-9-15(10-8-14)19(2,17)18/h3-10,16H,11H2,1-2H3. The largest absolute Gasteiger partial charge is 0.381 e. The summed E-state index contributed by atoms with van der Waals surface area (Å²) < 4.78 is 22.7. The van der Waals surface area contributed by atoms with Crippen LogP contribution >= 0.6 is 0 Å². The summed E-state index contributed by atoms with van der Waals surface area (Å²) in [6.07, 6.45) is 1.21. The molecule has 0 aliphatic rings. The fraction of sp³-hybridized carbons (Fsp3) is 0.200. The molecule has 3 nitrogen and oxygen atoms in total. The van der Waals surface area contributed by atoms with Gasteiger partial charge in [-0.1, -0.05) is 24.3 Å². The second-order valence-electron chi connectivity index (χ2n) is 4.58. The molecule has 0 bridgehead atoms. The first-order valence-electron chi connectivity index (χ1n) is 6.05. The number of hydrogen-bond donors (Lipinski definition) is 1. The zero-order valence-corrected chi connectivity index (χ0v) is 11.9.